The summed E-state index contributed by atoms with van der Waals surface area (Å²) in [5.41, 5.74) is 0. The Morgan fingerprint density at radius 3 is 3.08 bits per heavy atom. The number of carbonyl (C=O) groups is 1. The van der Waals surface area contributed by atoms with Crippen LogP contribution in [-0.4, -0.2) is 5.78 Å². The summed E-state index contributed by atoms with van der Waals surface area (Å²) in [7, 11) is 0. The number of rotatable bonds is 1. The van der Waals surface area contributed by atoms with E-state index < -0.39 is 0 Å². The third-order valence-corrected chi connectivity index (χ3v) is 3.15. The molecule has 0 spiro atoms. The van der Waals surface area contributed by atoms with Crippen molar-refractivity contribution in [3.8, 4) is 0 Å². The van der Waals surface area contributed by atoms with Crippen LogP contribution in [0.2, 0.25) is 0 Å². The van der Waals surface area contributed by atoms with E-state index in [1.54, 1.807) is 6.08 Å². The molecule has 1 fully saturated rings. The highest BCUT2D eigenvalue weighted by atomic mass is 16.1. The molecule has 1 heteroatoms. The van der Waals surface area contributed by atoms with Crippen LogP contribution in [0, 0.1) is 17.8 Å². The van der Waals surface area contributed by atoms with Crippen LogP contribution in [0.1, 0.15) is 19.3 Å². The number of carbonyl (C=O) groups excluding carboxylic acids is 1. The van der Waals surface area contributed by atoms with E-state index in [1.165, 1.54) is 12.8 Å². The fourth-order valence-corrected chi connectivity index (χ4v) is 2.34. The van der Waals surface area contributed by atoms with Crippen LogP contribution in [0.4, 0.5) is 0 Å². The van der Waals surface area contributed by atoms with Gasteiger partial charge in [0, 0.05) is 5.92 Å². The average molecular weight is 162 g/mol. The van der Waals surface area contributed by atoms with Gasteiger partial charge in [0.25, 0.3) is 0 Å². The van der Waals surface area contributed by atoms with Crippen LogP contribution >= 0.6 is 0 Å². The third-order valence-electron chi connectivity index (χ3n) is 3.15. The molecule has 0 saturated heterocycles. The van der Waals surface area contributed by atoms with Gasteiger partial charge in [0.05, 0.1) is 0 Å². The fourth-order valence-electron chi connectivity index (χ4n) is 2.34. The first-order valence-corrected chi connectivity index (χ1v) is 4.66. The maximum absolute atomic E-state index is 11.3. The molecular weight excluding hydrogens is 148 g/mol. The number of hydrogen-bond donors (Lipinski definition) is 0. The maximum Gasteiger partial charge on any atom is 0.159 e. The van der Waals surface area contributed by atoms with Crippen LogP contribution in [0.3, 0.4) is 0 Å². The van der Waals surface area contributed by atoms with Crippen molar-refractivity contribution in [1.82, 2.24) is 0 Å². The zero-order chi connectivity index (χ0) is 8.55. The van der Waals surface area contributed by atoms with Gasteiger partial charge in [-0.1, -0.05) is 12.2 Å². The molecule has 2 rings (SSSR count). The second kappa shape index (κ2) is 2.89. The van der Waals surface area contributed by atoms with Gasteiger partial charge in [0.1, 0.15) is 0 Å². The Morgan fingerprint density at radius 1 is 1.50 bits per heavy atom. The van der Waals surface area contributed by atoms with Gasteiger partial charge in [0.2, 0.25) is 0 Å². The van der Waals surface area contributed by atoms with Gasteiger partial charge in [-0.3, -0.25) is 4.79 Å². The normalized spacial score (nSPS) is 39.7. The summed E-state index contributed by atoms with van der Waals surface area (Å²) in [5.74, 6) is 1.76. The zero-order valence-corrected chi connectivity index (χ0v) is 7.20. The van der Waals surface area contributed by atoms with Crippen molar-refractivity contribution in [3.63, 3.8) is 0 Å². The second-order valence-corrected chi connectivity index (χ2v) is 3.84. The van der Waals surface area contributed by atoms with Gasteiger partial charge >= 0.3 is 0 Å². The minimum atomic E-state index is 0.293. The van der Waals surface area contributed by atoms with Crippen molar-refractivity contribution in [3.05, 3.63) is 24.8 Å². The fraction of sp³-hybridized carbons (Fsp3) is 0.545. The predicted octanol–water partition coefficient (Wildman–Crippen LogP) is 2.34. The van der Waals surface area contributed by atoms with Crippen molar-refractivity contribution in [2.45, 2.75) is 19.3 Å². The Morgan fingerprint density at radius 2 is 2.33 bits per heavy atom. The standard InChI is InChI=1S/C11H14O/c1-2-8-3-4-9-5-6-11(12)10(9)7-8/h2,5-6,8-10H,1,3-4,7H2. The number of ketones is 1. The highest BCUT2D eigenvalue weighted by Crippen LogP contribution is 2.38. The summed E-state index contributed by atoms with van der Waals surface area (Å²) in [6.07, 6.45) is 9.26. The Balaban J connectivity index is 2.09. The Bertz CT molecular complexity index is 239. The molecule has 0 heterocycles. The summed E-state index contributed by atoms with van der Waals surface area (Å²) in [6.45, 7) is 3.79. The molecule has 2 aliphatic carbocycles. The lowest BCUT2D eigenvalue weighted by Crippen LogP contribution is -2.24. The molecule has 1 saturated carbocycles. The van der Waals surface area contributed by atoms with Crippen LogP contribution < -0.4 is 0 Å². The summed E-state index contributed by atoms with van der Waals surface area (Å²) in [5, 5.41) is 0. The van der Waals surface area contributed by atoms with Crippen LogP contribution in [0.5, 0.6) is 0 Å². The van der Waals surface area contributed by atoms with Crippen molar-refractivity contribution in [2.75, 3.05) is 0 Å². The van der Waals surface area contributed by atoms with E-state index >= 15 is 0 Å². The largest absolute Gasteiger partial charge is 0.295 e. The van der Waals surface area contributed by atoms with E-state index in [0.717, 1.165) is 6.42 Å². The van der Waals surface area contributed by atoms with Crippen molar-refractivity contribution in [2.24, 2.45) is 17.8 Å². The molecule has 3 unspecified atom stereocenters. The first-order valence-electron chi connectivity index (χ1n) is 4.66. The second-order valence-electron chi connectivity index (χ2n) is 3.84. The molecule has 1 nitrogen and oxygen atoms in total. The molecule has 0 N–H and O–H groups in total. The van der Waals surface area contributed by atoms with Crippen molar-refractivity contribution in [1.29, 1.82) is 0 Å². The molecule has 0 aliphatic heterocycles. The van der Waals surface area contributed by atoms with Crippen molar-refractivity contribution < 1.29 is 4.79 Å². The van der Waals surface area contributed by atoms with Gasteiger partial charge in [-0.25, -0.2) is 0 Å². The van der Waals surface area contributed by atoms with E-state index in [1.807, 2.05) is 6.08 Å². The molecule has 0 aromatic carbocycles. The Hall–Kier alpha value is -0.850. The van der Waals surface area contributed by atoms with Gasteiger partial charge in [-0.05, 0) is 37.2 Å². The lowest BCUT2D eigenvalue weighted by molar-refractivity contribution is -0.119. The van der Waals surface area contributed by atoms with E-state index in [2.05, 4.69) is 12.7 Å². The summed E-state index contributed by atoms with van der Waals surface area (Å²) < 4.78 is 0. The zero-order valence-electron chi connectivity index (χ0n) is 7.20. The first-order chi connectivity index (χ1) is 5.81. The third kappa shape index (κ3) is 1.13. The molecule has 3 atom stereocenters. The molecular formula is C11H14O. The van der Waals surface area contributed by atoms with Gasteiger partial charge in [-0.15, -0.1) is 6.58 Å². The monoisotopic (exact) mass is 162 g/mol. The maximum atomic E-state index is 11.3. The molecule has 2 aliphatic rings. The van der Waals surface area contributed by atoms with Gasteiger partial charge < -0.3 is 0 Å². The number of hydrogen-bond acceptors (Lipinski definition) is 1. The van der Waals surface area contributed by atoms with E-state index in [9.17, 15) is 4.79 Å². The van der Waals surface area contributed by atoms with E-state index in [4.69, 9.17) is 0 Å². The predicted molar refractivity (Wildman–Crippen MR) is 48.7 cm³/mol. The van der Waals surface area contributed by atoms with Crippen LogP contribution in [-0.2, 0) is 4.79 Å². The highest BCUT2D eigenvalue weighted by Gasteiger charge is 2.34. The summed E-state index contributed by atoms with van der Waals surface area (Å²) >= 11 is 0. The smallest absolute Gasteiger partial charge is 0.159 e. The SMILES string of the molecule is C=CC1CCC2C=CC(=O)C2C1. The Kier molecular flexibility index (Phi) is 1.87. The summed E-state index contributed by atoms with van der Waals surface area (Å²) in [6, 6.07) is 0. The Labute approximate surface area is 73.2 Å². The van der Waals surface area contributed by atoms with E-state index in [-0.39, 0.29) is 0 Å². The molecule has 64 valence electrons. The number of fused-ring (bicyclic) bond motifs is 1. The highest BCUT2D eigenvalue weighted by molar-refractivity contribution is 5.94. The minimum absolute atomic E-state index is 0.293. The van der Waals surface area contributed by atoms with Crippen LogP contribution in [0.25, 0.3) is 0 Å². The van der Waals surface area contributed by atoms with Gasteiger partial charge in [-0.2, -0.15) is 0 Å². The lowest BCUT2D eigenvalue weighted by atomic mass is 9.75. The van der Waals surface area contributed by atoms with Gasteiger partial charge in [0.15, 0.2) is 5.78 Å². The topological polar surface area (TPSA) is 17.1 Å². The summed E-state index contributed by atoms with van der Waals surface area (Å²) in [4.78, 5) is 11.3. The quantitative estimate of drug-likeness (QED) is 0.541. The van der Waals surface area contributed by atoms with Crippen LogP contribution in [0.15, 0.2) is 24.8 Å². The molecule has 0 amide bonds. The molecule has 0 aromatic rings. The number of allylic oxidation sites excluding steroid dienone is 3. The molecule has 0 radical (unpaired) electrons. The van der Waals surface area contributed by atoms with E-state index in [0.29, 0.717) is 23.5 Å². The van der Waals surface area contributed by atoms with Crippen molar-refractivity contribution >= 4 is 5.78 Å². The molecule has 0 aromatic heterocycles. The average Bonchev–Trinajstić information content (AvgIpc) is 2.47. The minimum Gasteiger partial charge on any atom is -0.295 e. The molecule has 0 bridgehead atoms. The molecule has 12 heavy (non-hydrogen) atoms. The lowest BCUT2D eigenvalue weighted by Gasteiger charge is -2.28. The first kappa shape index (κ1) is 7.78.